The Bertz CT molecular complexity index is 673. The molecule has 8 heteroatoms. The monoisotopic (exact) mass is 317 g/mol. The lowest BCUT2D eigenvalue weighted by Gasteiger charge is -2.08. The van der Waals surface area contributed by atoms with Crippen LogP contribution in [0.25, 0.3) is 21.3 Å². The molecule has 2 rings (SSSR count). The molecule has 0 saturated heterocycles. The Kier molecular flexibility index (Phi) is 6.93. The van der Waals surface area contributed by atoms with E-state index in [1.165, 1.54) is 0 Å². The fraction of sp³-hybridized carbons (Fsp3) is 0.400. The highest BCUT2D eigenvalue weighted by Crippen LogP contribution is 2.20. The van der Waals surface area contributed by atoms with E-state index in [4.69, 9.17) is 25.5 Å². The molecule has 0 atom stereocenters. The lowest BCUT2D eigenvalue weighted by atomic mass is 10.2. The van der Waals surface area contributed by atoms with E-state index in [0.29, 0.717) is 45.4 Å². The van der Waals surface area contributed by atoms with Crippen LogP contribution in [-0.4, -0.2) is 44.6 Å². The van der Waals surface area contributed by atoms with Crippen LogP contribution in [0.1, 0.15) is 0 Å². The standard InChI is InChI=1S/C15H19N5O3/c16-15-4-1-12-11-13(2-3-14(12)19-15)23-10-9-22-8-7-21-6-5-18-20-17/h1-4,11H,5-10H2,(H2,16,19). The number of anilines is 1. The third-order valence-electron chi connectivity index (χ3n) is 2.95. The highest BCUT2D eigenvalue weighted by molar-refractivity contribution is 5.81. The summed E-state index contributed by atoms with van der Waals surface area (Å²) in [5.41, 5.74) is 14.6. The third-order valence-corrected chi connectivity index (χ3v) is 2.95. The number of nitrogens with zero attached hydrogens (tertiary/aromatic N) is 4. The second-order valence-corrected chi connectivity index (χ2v) is 4.62. The number of benzene rings is 1. The largest absolute Gasteiger partial charge is 0.491 e. The van der Waals surface area contributed by atoms with Crippen LogP contribution in [0.4, 0.5) is 5.82 Å². The van der Waals surface area contributed by atoms with E-state index in [2.05, 4.69) is 15.0 Å². The van der Waals surface area contributed by atoms with Gasteiger partial charge in [0.2, 0.25) is 0 Å². The molecule has 23 heavy (non-hydrogen) atoms. The fourth-order valence-corrected chi connectivity index (χ4v) is 1.90. The van der Waals surface area contributed by atoms with Gasteiger partial charge in [-0.2, -0.15) is 0 Å². The summed E-state index contributed by atoms with van der Waals surface area (Å²) in [6, 6.07) is 9.32. The zero-order valence-corrected chi connectivity index (χ0v) is 12.7. The predicted octanol–water partition coefficient (Wildman–Crippen LogP) is 2.54. The number of azide groups is 1. The molecule has 0 aliphatic carbocycles. The SMILES string of the molecule is [N-]=[N+]=NCCOCCOCCOc1ccc2nc(N)ccc2c1. The van der Waals surface area contributed by atoms with Crippen molar-refractivity contribution >= 4 is 16.7 Å². The van der Waals surface area contributed by atoms with Crippen molar-refractivity contribution in [3.63, 3.8) is 0 Å². The maximum atomic E-state index is 8.09. The molecule has 0 bridgehead atoms. The zero-order valence-electron chi connectivity index (χ0n) is 12.7. The molecular formula is C15H19N5O3. The van der Waals surface area contributed by atoms with Gasteiger partial charge in [0.25, 0.3) is 0 Å². The molecule has 1 heterocycles. The maximum absolute atomic E-state index is 8.09. The highest BCUT2D eigenvalue weighted by atomic mass is 16.5. The smallest absolute Gasteiger partial charge is 0.124 e. The molecule has 2 N–H and O–H groups in total. The van der Waals surface area contributed by atoms with Crippen molar-refractivity contribution < 1.29 is 14.2 Å². The summed E-state index contributed by atoms with van der Waals surface area (Å²) >= 11 is 0. The fourth-order valence-electron chi connectivity index (χ4n) is 1.90. The van der Waals surface area contributed by atoms with E-state index in [-0.39, 0.29) is 0 Å². The second-order valence-electron chi connectivity index (χ2n) is 4.62. The van der Waals surface area contributed by atoms with Crippen LogP contribution in [0, 0.1) is 0 Å². The zero-order chi connectivity index (χ0) is 16.3. The Hall–Kier alpha value is -2.54. The molecule has 0 unspecified atom stereocenters. The van der Waals surface area contributed by atoms with E-state index in [9.17, 15) is 0 Å². The number of hydrogen-bond acceptors (Lipinski definition) is 6. The van der Waals surface area contributed by atoms with Gasteiger partial charge in [0, 0.05) is 16.8 Å². The minimum Gasteiger partial charge on any atom is -0.491 e. The van der Waals surface area contributed by atoms with E-state index >= 15 is 0 Å². The van der Waals surface area contributed by atoms with Crippen LogP contribution in [0.3, 0.4) is 0 Å². The number of ether oxygens (including phenoxy) is 3. The molecule has 0 fully saturated rings. The van der Waals surface area contributed by atoms with Crippen LogP contribution in [0.15, 0.2) is 35.4 Å². The number of fused-ring (bicyclic) bond motifs is 1. The number of rotatable bonds is 10. The van der Waals surface area contributed by atoms with E-state index in [1.807, 2.05) is 24.3 Å². The van der Waals surface area contributed by atoms with Crippen LogP contribution in [0.5, 0.6) is 5.75 Å². The minimum atomic E-state index is 0.335. The van der Waals surface area contributed by atoms with Crippen LogP contribution in [-0.2, 0) is 9.47 Å². The van der Waals surface area contributed by atoms with Crippen LogP contribution < -0.4 is 10.5 Å². The van der Waals surface area contributed by atoms with Crippen molar-refractivity contribution in [3.05, 3.63) is 40.8 Å². The summed E-state index contributed by atoms with van der Waals surface area (Å²) in [6.07, 6.45) is 0. The lowest BCUT2D eigenvalue weighted by molar-refractivity contribution is 0.0388. The van der Waals surface area contributed by atoms with Gasteiger partial charge in [-0.15, -0.1) is 0 Å². The highest BCUT2D eigenvalue weighted by Gasteiger charge is 1.99. The maximum Gasteiger partial charge on any atom is 0.124 e. The quantitative estimate of drug-likeness (QED) is 0.313. The Morgan fingerprint density at radius 1 is 1.04 bits per heavy atom. The summed E-state index contributed by atoms with van der Waals surface area (Å²) in [4.78, 5) is 6.86. The molecule has 0 saturated carbocycles. The van der Waals surface area contributed by atoms with Crippen molar-refractivity contribution in [1.29, 1.82) is 0 Å². The van der Waals surface area contributed by atoms with Gasteiger partial charge in [-0.05, 0) is 35.9 Å². The first-order valence-corrected chi connectivity index (χ1v) is 7.25. The number of aromatic nitrogens is 1. The van der Waals surface area contributed by atoms with Gasteiger partial charge in [-0.25, -0.2) is 4.98 Å². The first-order chi connectivity index (χ1) is 11.3. The third kappa shape index (κ3) is 5.99. The molecule has 1 aromatic heterocycles. The lowest BCUT2D eigenvalue weighted by Crippen LogP contribution is -2.11. The van der Waals surface area contributed by atoms with Crippen LogP contribution >= 0.6 is 0 Å². The molecule has 0 amide bonds. The average Bonchev–Trinajstić information content (AvgIpc) is 2.56. The molecule has 8 nitrogen and oxygen atoms in total. The van der Waals surface area contributed by atoms with Crippen molar-refractivity contribution in [2.45, 2.75) is 0 Å². The normalized spacial score (nSPS) is 10.4. The van der Waals surface area contributed by atoms with Gasteiger partial charge in [0.05, 0.1) is 31.9 Å². The summed E-state index contributed by atoms with van der Waals surface area (Å²) in [5, 5.41) is 4.34. The molecule has 1 aromatic carbocycles. The Morgan fingerprint density at radius 2 is 1.83 bits per heavy atom. The van der Waals surface area contributed by atoms with Crippen molar-refractivity contribution in [3.8, 4) is 5.75 Å². The first-order valence-electron chi connectivity index (χ1n) is 7.25. The summed E-state index contributed by atoms with van der Waals surface area (Å²) < 4.78 is 16.2. The van der Waals surface area contributed by atoms with Crippen molar-refractivity contribution in [1.82, 2.24) is 4.98 Å². The summed E-state index contributed by atoms with van der Waals surface area (Å²) in [5.74, 6) is 1.26. The molecule has 0 spiro atoms. The number of nitrogens with two attached hydrogens (primary N) is 1. The second kappa shape index (κ2) is 9.47. The van der Waals surface area contributed by atoms with Gasteiger partial charge in [-0.3, -0.25) is 0 Å². The van der Waals surface area contributed by atoms with E-state index in [1.54, 1.807) is 6.07 Å². The molecule has 122 valence electrons. The van der Waals surface area contributed by atoms with Gasteiger partial charge < -0.3 is 19.9 Å². The Morgan fingerprint density at radius 3 is 2.65 bits per heavy atom. The summed E-state index contributed by atoms with van der Waals surface area (Å²) in [6.45, 7) is 2.59. The van der Waals surface area contributed by atoms with E-state index < -0.39 is 0 Å². The van der Waals surface area contributed by atoms with Gasteiger partial charge >= 0.3 is 0 Å². The molecule has 0 radical (unpaired) electrons. The predicted molar refractivity (Wildman–Crippen MR) is 87.3 cm³/mol. The molecule has 0 aliphatic rings. The van der Waals surface area contributed by atoms with Crippen molar-refractivity contribution in [2.75, 3.05) is 45.3 Å². The molecular weight excluding hydrogens is 298 g/mol. The number of nitrogen functional groups attached to an aromatic ring is 1. The number of hydrogen-bond donors (Lipinski definition) is 1. The van der Waals surface area contributed by atoms with Gasteiger partial charge in [0.15, 0.2) is 0 Å². The first kappa shape index (κ1) is 16.8. The molecule has 2 aromatic rings. The van der Waals surface area contributed by atoms with Gasteiger partial charge in [0.1, 0.15) is 18.2 Å². The molecule has 0 aliphatic heterocycles. The summed E-state index contributed by atoms with van der Waals surface area (Å²) in [7, 11) is 0. The Balaban J connectivity index is 1.61. The average molecular weight is 317 g/mol. The topological polar surface area (TPSA) is 115 Å². The number of pyridine rings is 1. The Labute approximate surface area is 133 Å². The van der Waals surface area contributed by atoms with E-state index in [0.717, 1.165) is 16.7 Å². The van der Waals surface area contributed by atoms with Crippen LogP contribution in [0.2, 0.25) is 0 Å². The minimum absolute atomic E-state index is 0.335. The van der Waals surface area contributed by atoms with Gasteiger partial charge in [-0.1, -0.05) is 5.11 Å². The van der Waals surface area contributed by atoms with Crippen molar-refractivity contribution in [2.24, 2.45) is 5.11 Å².